The van der Waals surface area contributed by atoms with Crippen LogP contribution in [0.2, 0.25) is 0 Å². The zero-order valence-corrected chi connectivity index (χ0v) is 11.4. The summed E-state index contributed by atoms with van der Waals surface area (Å²) in [4.78, 5) is 8.96. The largest absolute Gasteiger partial charge is 0.340 e. The highest BCUT2D eigenvalue weighted by molar-refractivity contribution is 5.64. The minimum absolute atomic E-state index is 0.240. The van der Waals surface area contributed by atoms with E-state index in [4.69, 9.17) is 5.84 Å². The summed E-state index contributed by atoms with van der Waals surface area (Å²) in [6.07, 6.45) is 0. The first kappa shape index (κ1) is 13.3. The fourth-order valence-corrected chi connectivity index (χ4v) is 1.71. The topological polar surface area (TPSA) is 75.9 Å². The van der Waals surface area contributed by atoms with E-state index < -0.39 is 0 Å². The summed E-state index contributed by atoms with van der Waals surface area (Å²) in [7, 11) is 0. The molecule has 0 saturated carbocycles. The van der Waals surface area contributed by atoms with Gasteiger partial charge in [-0.05, 0) is 19.1 Å². The van der Waals surface area contributed by atoms with E-state index in [0.29, 0.717) is 5.82 Å². The van der Waals surface area contributed by atoms with Crippen molar-refractivity contribution in [2.24, 2.45) is 5.84 Å². The molecular formula is C14H19N5. The number of anilines is 3. The normalized spacial score (nSPS) is 10.6. The molecule has 0 bridgehead atoms. The number of rotatable bonds is 4. The van der Waals surface area contributed by atoms with Crippen molar-refractivity contribution in [2.75, 3.05) is 10.7 Å². The van der Waals surface area contributed by atoms with Gasteiger partial charge < -0.3 is 10.7 Å². The van der Waals surface area contributed by atoms with Crippen molar-refractivity contribution < 1.29 is 0 Å². The van der Waals surface area contributed by atoms with Crippen LogP contribution >= 0.6 is 0 Å². The van der Waals surface area contributed by atoms with Crippen LogP contribution in [0.3, 0.4) is 0 Å². The second kappa shape index (κ2) is 5.67. The number of benzene rings is 1. The minimum Gasteiger partial charge on any atom is -0.340 e. The molecule has 1 aromatic carbocycles. The minimum atomic E-state index is 0.240. The maximum Gasteiger partial charge on any atom is 0.148 e. The fraction of sp³-hybridized carbons (Fsp3) is 0.286. The lowest BCUT2D eigenvalue weighted by Crippen LogP contribution is -2.14. The molecule has 0 saturated heterocycles. The van der Waals surface area contributed by atoms with Crippen LogP contribution in [-0.2, 0) is 0 Å². The van der Waals surface area contributed by atoms with Gasteiger partial charge in [0.2, 0.25) is 0 Å². The molecule has 2 aromatic rings. The predicted molar refractivity (Wildman–Crippen MR) is 78.4 cm³/mol. The van der Waals surface area contributed by atoms with E-state index in [1.807, 2.05) is 37.3 Å². The van der Waals surface area contributed by atoms with Gasteiger partial charge in [0.15, 0.2) is 0 Å². The van der Waals surface area contributed by atoms with E-state index in [-0.39, 0.29) is 5.92 Å². The van der Waals surface area contributed by atoms with Crippen LogP contribution in [0.25, 0.3) is 0 Å². The Balaban J connectivity index is 2.41. The van der Waals surface area contributed by atoms with Crippen LogP contribution in [0.1, 0.15) is 31.2 Å². The molecule has 2 rings (SSSR count). The third kappa shape index (κ3) is 3.00. The highest BCUT2D eigenvalue weighted by Gasteiger charge is 2.12. The lowest BCUT2D eigenvalue weighted by molar-refractivity contribution is 0.774. The molecule has 5 nitrogen and oxygen atoms in total. The average molecular weight is 257 g/mol. The van der Waals surface area contributed by atoms with E-state index in [9.17, 15) is 0 Å². The molecular weight excluding hydrogens is 238 g/mol. The highest BCUT2D eigenvalue weighted by Crippen LogP contribution is 2.25. The van der Waals surface area contributed by atoms with Crippen molar-refractivity contribution in [1.82, 2.24) is 9.97 Å². The summed E-state index contributed by atoms with van der Waals surface area (Å²) in [6.45, 7) is 6.04. The second-order valence-corrected chi connectivity index (χ2v) is 4.69. The molecule has 0 atom stereocenters. The van der Waals surface area contributed by atoms with E-state index in [2.05, 4.69) is 34.6 Å². The Bertz CT molecular complexity index is 551. The fourth-order valence-electron chi connectivity index (χ4n) is 1.71. The van der Waals surface area contributed by atoms with E-state index in [1.54, 1.807) is 0 Å². The molecule has 0 unspecified atom stereocenters. The third-order valence-electron chi connectivity index (χ3n) is 2.85. The van der Waals surface area contributed by atoms with Crippen LogP contribution in [-0.4, -0.2) is 9.97 Å². The van der Waals surface area contributed by atoms with Crippen LogP contribution in [0, 0.1) is 6.92 Å². The van der Waals surface area contributed by atoms with Crippen molar-refractivity contribution in [3.8, 4) is 0 Å². The number of nitrogens with two attached hydrogens (primary N) is 1. The van der Waals surface area contributed by atoms with Crippen LogP contribution in [0.15, 0.2) is 30.3 Å². The quantitative estimate of drug-likeness (QED) is 0.580. The van der Waals surface area contributed by atoms with Crippen molar-refractivity contribution in [1.29, 1.82) is 0 Å². The number of nitrogens with one attached hydrogen (secondary N) is 2. The lowest BCUT2D eigenvalue weighted by atomic mass is 10.2. The molecule has 0 spiro atoms. The summed E-state index contributed by atoms with van der Waals surface area (Å²) in [5.41, 5.74) is 4.51. The zero-order valence-electron chi connectivity index (χ0n) is 11.4. The van der Waals surface area contributed by atoms with Gasteiger partial charge in [-0.2, -0.15) is 0 Å². The maximum absolute atomic E-state index is 5.51. The number of aromatic nitrogens is 2. The Kier molecular flexibility index (Phi) is 3.97. The number of nitrogens with zero attached hydrogens (tertiary/aromatic N) is 2. The van der Waals surface area contributed by atoms with Gasteiger partial charge in [0.05, 0.1) is 0 Å². The Morgan fingerprint density at radius 2 is 1.68 bits per heavy atom. The SMILES string of the molecule is Cc1c(NN)nc(C(C)C)nc1Nc1ccccc1. The average Bonchev–Trinajstić information content (AvgIpc) is 2.42. The third-order valence-corrected chi connectivity index (χ3v) is 2.85. The number of para-hydroxylation sites is 1. The lowest BCUT2D eigenvalue weighted by Gasteiger charge is -2.14. The van der Waals surface area contributed by atoms with E-state index in [1.165, 1.54) is 0 Å². The van der Waals surface area contributed by atoms with Gasteiger partial charge in [-0.25, -0.2) is 15.8 Å². The number of nitrogen functional groups attached to an aromatic ring is 1. The van der Waals surface area contributed by atoms with Gasteiger partial charge in [-0.15, -0.1) is 0 Å². The van der Waals surface area contributed by atoms with Crippen molar-refractivity contribution >= 4 is 17.3 Å². The van der Waals surface area contributed by atoms with E-state index >= 15 is 0 Å². The number of hydrogen-bond donors (Lipinski definition) is 3. The molecule has 1 heterocycles. The number of hydrazine groups is 1. The molecule has 19 heavy (non-hydrogen) atoms. The predicted octanol–water partition coefficient (Wildman–Crippen LogP) is 2.94. The van der Waals surface area contributed by atoms with Gasteiger partial charge in [-0.1, -0.05) is 32.0 Å². The first-order chi connectivity index (χ1) is 9.11. The Labute approximate surface area is 113 Å². The van der Waals surface area contributed by atoms with Gasteiger partial charge in [0.25, 0.3) is 0 Å². The molecule has 5 heteroatoms. The van der Waals surface area contributed by atoms with Gasteiger partial charge in [0, 0.05) is 17.2 Å². The second-order valence-electron chi connectivity index (χ2n) is 4.69. The van der Waals surface area contributed by atoms with Crippen molar-refractivity contribution in [3.63, 3.8) is 0 Å². The van der Waals surface area contributed by atoms with Crippen molar-refractivity contribution in [3.05, 3.63) is 41.7 Å². The molecule has 0 aliphatic carbocycles. The Morgan fingerprint density at radius 1 is 1.05 bits per heavy atom. The summed E-state index contributed by atoms with van der Waals surface area (Å²) >= 11 is 0. The molecule has 1 aromatic heterocycles. The maximum atomic E-state index is 5.51. The summed E-state index contributed by atoms with van der Waals surface area (Å²) < 4.78 is 0. The summed E-state index contributed by atoms with van der Waals surface area (Å²) in [5, 5.41) is 3.30. The van der Waals surface area contributed by atoms with Crippen LogP contribution < -0.4 is 16.6 Å². The molecule has 0 fully saturated rings. The molecule has 0 radical (unpaired) electrons. The molecule has 0 aliphatic rings. The monoisotopic (exact) mass is 257 g/mol. The zero-order chi connectivity index (χ0) is 13.8. The Morgan fingerprint density at radius 3 is 2.26 bits per heavy atom. The first-order valence-electron chi connectivity index (χ1n) is 6.29. The van der Waals surface area contributed by atoms with Gasteiger partial charge >= 0.3 is 0 Å². The smallest absolute Gasteiger partial charge is 0.148 e. The Hall–Kier alpha value is -2.14. The molecule has 0 aliphatic heterocycles. The highest BCUT2D eigenvalue weighted by atomic mass is 15.3. The summed E-state index contributed by atoms with van der Waals surface area (Å²) in [5.74, 6) is 7.94. The van der Waals surface area contributed by atoms with E-state index in [0.717, 1.165) is 22.9 Å². The number of hydrogen-bond acceptors (Lipinski definition) is 5. The first-order valence-corrected chi connectivity index (χ1v) is 6.29. The summed E-state index contributed by atoms with van der Waals surface area (Å²) in [6, 6.07) is 9.91. The van der Waals surface area contributed by atoms with Crippen LogP contribution in [0.5, 0.6) is 0 Å². The molecule has 4 N–H and O–H groups in total. The standard InChI is InChI=1S/C14H19N5/c1-9(2)12-17-13(10(3)14(18-12)19-15)16-11-7-5-4-6-8-11/h4-9H,15H2,1-3H3,(H2,16,17,18,19). The molecule has 0 amide bonds. The van der Waals surface area contributed by atoms with Gasteiger partial charge in [-0.3, -0.25) is 0 Å². The molecule has 100 valence electrons. The van der Waals surface area contributed by atoms with Gasteiger partial charge in [0.1, 0.15) is 17.5 Å². The van der Waals surface area contributed by atoms with Crippen LogP contribution in [0.4, 0.5) is 17.3 Å². The van der Waals surface area contributed by atoms with Crippen molar-refractivity contribution in [2.45, 2.75) is 26.7 Å².